The number of aliphatic hydroxyl groups is 2. The van der Waals surface area contributed by atoms with Gasteiger partial charge in [-0.05, 0) is 37.8 Å². The van der Waals surface area contributed by atoms with E-state index in [9.17, 15) is 15.0 Å². The van der Waals surface area contributed by atoms with Crippen molar-refractivity contribution in [3.8, 4) is 0 Å². The Labute approximate surface area is 120 Å². The van der Waals surface area contributed by atoms with Crippen LogP contribution in [0.15, 0.2) is 11.6 Å². The third-order valence-electron chi connectivity index (χ3n) is 4.59. The van der Waals surface area contributed by atoms with Crippen molar-refractivity contribution < 1.29 is 19.7 Å². The quantitative estimate of drug-likeness (QED) is 0.574. The smallest absolute Gasteiger partial charge is 0.341 e. The lowest BCUT2D eigenvalue weighted by atomic mass is 9.85. The first-order chi connectivity index (χ1) is 9.37. The maximum absolute atomic E-state index is 12.1. The van der Waals surface area contributed by atoms with E-state index in [1.165, 1.54) is 13.3 Å². The van der Waals surface area contributed by atoms with Gasteiger partial charge in [-0.1, -0.05) is 19.9 Å². The summed E-state index contributed by atoms with van der Waals surface area (Å²) in [5.41, 5.74) is -0.721. The van der Waals surface area contributed by atoms with Crippen LogP contribution < -0.4 is 0 Å². The number of carbonyl (C=O) groups is 1. The van der Waals surface area contributed by atoms with Gasteiger partial charge in [0.1, 0.15) is 6.61 Å². The summed E-state index contributed by atoms with van der Waals surface area (Å²) >= 11 is 0. The van der Waals surface area contributed by atoms with Crippen molar-refractivity contribution in [1.29, 1.82) is 0 Å². The standard InChI is InChI=1S/C15H25NO4/c1-10(2)15(19,11(3)17)14(18)20-9-12-6-8-16-7-4-5-13(12)16/h6,10-11,13,17,19H,4-5,7-9H2,1-3H3/t11-,13-,15-/m0/s1. The van der Waals surface area contributed by atoms with Crippen molar-refractivity contribution >= 4 is 5.97 Å². The Hall–Kier alpha value is -0.910. The topological polar surface area (TPSA) is 70.0 Å². The average Bonchev–Trinajstić information content (AvgIpc) is 2.97. The number of ether oxygens (including phenoxy) is 1. The summed E-state index contributed by atoms with van der Waals surface area (Å²) in [6.07, 6.45) is 3.23. The fraction of sp³-hybridized carbons (Fsp3) is 0.800. The van der Waals surface area contributed by atoms with Crippen molar-refractivity contribution in [2.75, 3.05) is 19.7 Å². The molecule has 0 spiro atoms. The molecule has 0 bridgehead atoms. The van der Waals surface area contributed by atoms with Crippen LogP contribution >= 0.6 is 0 Å². The molecule has 5 nitrogen and oxygen atoms in total. The highest BCUT2D eigenvalue weighted by Crippen LogP contribution is 2.29. The maximum atomic E-state index is 12.1. The number of nitrogens with zero attached hydrogens (tertiary/aromatic N) is 1. The Morgan fingerprint density at radius 2 is 2.25 bits per heavy atom. The number of aliphatic hydroxyl groups excluding tert-OH is 1. The molecule has 20 heavy (non-hydrogen) atoms. The molecule has 3 atom stereocenters. The lowest BCUT2D eigenvalue weighted by Gasteiger charge is -2.32. The molecule has 0 unspecified atom stereocenters. The molecule has 2 heterocycles. The number of hydrogen-bond acceptors (Lipinski definition) is 5. The molecule has 2 aliphatic rings. The molecule has 0 aromatic rings. The number of carbonyl (C=O) groups excluding carboxylic acids is 1. The zero-order chi connectivity index (χ0) is 14.9. The monoisotopic (exact) mass is 283 g/mol. The molecule has 5 heteroatoms. The fourth-order valence-electron chi connectivity index (χ4n) is 3.14. The minimum atomic E-state index is -1.84. The molecule has 1 saturated heterocycles. The van der Waals surface area contributed by atoms with Gasteiger partial charge in [0, 0.05) is 12.6 Å². The molecule has 2 aliphatic heterocycles. The van der Waals surface area contributed by atoms with E-state index in [1.54, 1.807) is 13.8 Å². The Bertz CT molecular complexity index is 395. The van der Waals surface area contributed by atoms with Crippen LogP contribution in [0, 0.1) is 5.92 Å². The summed E-state index contributed by atoms with van der Waals surface area (Å²) in [5.74, 6) is -1.14. The van der Waals surface area contributed by atoms with Gasteiger partial charge in [0.25, 0.3) is 0 Å². The van der Waals surface area contributed by atoms with Gasteiger partial charge in [0.15, 0.2) is 5.60 Å². The molecule has 0 radical (unpaired) electrons. The van der Waals surface area contributed by atoms with Gasteiger partial charge in [-0.15, -0.1) is 0 Å². The minimum Gasteiger partial charge on any atom is -0.459 e. The van der Waals surface area contributed by atoms with E-state index in [2.05, 4.69) is 11.0 Å². The molecule has 0 aliphatic carbocycles. The molecule has 2 rings (SSSR count). The largest absolute Gasteiger partial charge is 0.459 e. The highest BCUT2D eigenvalue weighted by Gasteiger charge is 2.46. The van der Waals surface area contributed by atoms with Gasteiger partial charge in [-0.25, -0.2) is 4.79 Å². The second kappa shape index (κ2) is 5.84. The van der Waals surface area contributed by atoms with Crippen LogP contribution in [-0.4, -0.2) is 58.5 Å². The van der Waals surface area contributed by atoms with E-state index in [4.69, 9.17) is 4.74 Å². The van der Waals surface area contributed by atoms with Crippen molar-refractivity contribution in [2.24, 2.45) is 5.92 Å². The molecule has 0 aromatic carbocycles. The number of rotatable bonds is 5. The molecule has 114 valence electrons. The normalized spacial score (nSPS) is 27.1. The Kier molecular flexibility index (Phi) is 4.52. The zero-order valence-corrected chi connectivity index (χ0v) is 12.5. The molecule has 0 amide bonds. The third-order valence-corrected chi connectivity index (χ3v) is 4.59. The summed E-state index contributed by atoms with van der Waals surface area (Å²) < 4.78 is 5.28. The van der Waals surface area contributed by atoms with E-state index in [-0.39, 0.29) is 6.61 Å². The maximum Gasteiger partial charge on any atom is 0.341 e. The summed E-state index contributed by atoms with van der Waals surface area (Å²) in [6, 6.07) is 0.390. The van der Waals surface area contributed by atoms with Crippen LogP contribution in [0.4, 0.5) is 0 Å². The molecule has 1 fully saturated rings. The second-order valence-electron chi connectivity index (χ2n) is 6.16. The minimum absolute atomic E-state index is 0.210. The highest BCUT2D eigenvalue weighted by atomic mass is 16.6. The van der Waals surface area contributed by atoms with Crippen LogP contribution in [0.2, 0.25) is 0 Å². The summed E-state index contributed by atoms with van der Waals surface area (Å²) in [6.45, 7) is 7.03. The van der Waals surface area contributed by atoms with Gasteiger partial charge in [-0.2, -0.15) is 0 Å². The molecular formula is C15H25NO4. The summed E-state index contributed by atoms with van der Waals surface area (Å²) in [5, 5.41) is 20.0. The van der Waals surface area contributed by atoms with Crippen LogP contribution in [-0.2, 0) is 9.53 Å². The fourth-order valence-corrected chi connectivity index (χ4v) is 3.14. The molecule has 2 N–H and O–H groups in total. The van der Waals surface area contributed by atoms with Crippen LogP contribution in [0.25, 0.3) is 0 Å². The van der Waals surface area contributed by atoms with Gasteiger partial charge in [0.05, 0.1) is 6.10 Å². The lowest BCUT2D eigenvalue weighted by molar-refractivity contribution is -0.183. The van der Waals surface area contributed by atoms with Crippen LogP contribution in [0.5, 0.6) is 0 Å². The molecule has 0 saturated carbocycles. The van der Waals surface area contributed by atoms with E-state index in [0.717, 1.165) is 25.1 Å². The first-order valence-electron chi connectivity index (χ1n) is 7.38. The first-order valence-corrected chi connectivity index (χ1v) is 7.38. The predicted molar refractivity (Wildman–Crippen MR) is 75.1 cm³/mol. The lowest BCUT2D eigenvalue weighted by Crippen LogP contribution is -2.53. The van der Waals surface area contributed by atoms with Gasteiger partial charge in [0.2, 0.25) is 0 Å². The number of hydrogen-bond donors (Lipinski definition) is 2. The van der Waals surface area contributed by atoms with Crippen molar-refractivity contribution in [1.82, 2.24) is 4.90 Å². The van der Waals surface area contributed by atoms with Crippen LogP contribution in [0.3, 0.4) is 0 Å². The number of fused-ring (bicyclic) bond motifs is 1. The Morgan fingerprint density at radius 1 is 1.55 bits per heavy atom. The van der Waals surface area contributed by atoms with Crippen molar-refractivity contribution in [2.45, 2.75) is 51.4 Å². The Balaban J connectivity index is 1.95. The summed E-state index contributed by atoms with van der Waals surface area (Å²) in [7, 11) is 0. The highest BCUT2D eigenvalue weighted by molar-refractivity contribution is 5.80. The van der Waals surface area contributed by atoms with E-state index in [1.807, 2.05) is 0 Å². The summed E-state index contributed by atoms with van der Waals surface area (Å²) in [4.78, 5) is 14.5. The molecular weight excluding hydrogens is 258 g/mol. The SMILES string of the molecule is CC(C)[C@@](O)(C(=O)OCC1=CCN2CCC[C@@H]12)[C@H](C)O. The predicted octanol–water partition coefficient (Wildman–Crippen LogP) is 0.702. The van der Waals surface area contributed by atoms with E-state index < -0.39 is 23.6 Å². The van der Waals surface area contributed by atoms with Gasteiger partial charge < -0.3 is 14.9 Å². The van der Waals surface area contributed by atoms with Crippen molar-refractivity contribution in [3.63, 3.8) is 0 Å². The first kappa shape index (κ1) is 15.5. The van der Waals surface area contributed by atoms with Gasteiger partial charge >= 0.3 is 5.97 Å². The van der Waals surface area contributed by atoms with Crippen LogP contribution in [0.1, 0.15) is 33.6 Å². The van der Waals surface area contributed by atoms with E-state index >= 15 is 0 Å². The number of esters is 1. The van der Waals surface area contributed by atoms with E-state index in [0.29, 0.717) is 6.04 Å². The van der Waals surface area contributed by atoms with Gasteiger partial charge in [-0.3, -0.25) is 4.90 Å². The third kappa shape index (κ3) is 2.62. The molecule has 0 aromatic heterocycles. The second-order valence-corrected chi connectivity index (χ2v) is 6.16. The zero-order valence-electron chi connectivity index (χ0n) is 12.5. The Morgan fingerprint density at radius 3 is 2.85 bits per heavy atom. The van der Waals surface area contributed by atoms with Crippen molar-refractivity contribution in [3.05, 3.63) is 11.6 Å². The average molecular weight is 283 g/mol.